The minimum Gasteiger partial charge on any atom is -0.294 e. The van der Waals surface area contributed by atoms with Crippen LogP contribution in [-0.4, -0.2) is 24.1 Å². The zero-order valence-electron chi connectivity index (χ0n) is 29.4. The van der Waals surface area contributed by atoms with E-state index in [-0.39, 0.29) is 0 Å². The molecule has 0 bridgehead atoms. The lowest BCUT2D eigenvalue weighted by atomic mass is 10.0. The summed E-state index contributed by atoms with van der Waals surface area (Å²) in [6.45, 7) is 0. The number of nitrogens with zero attached hydrogens (tertiary/aromatic N) is 5. The second kappa shape index (κ2) is 11.7. The molecule has 0 amide bonds. The molecule has 5 nitrogen and oxygen atoms in total. The Kier molecular flexibility index (Phi) is 6.50. The fourth-order valence-electron chi connectivity index (χ4n) is 8.52. The van der Waals surface area contributed by atoms with Gasteiger partial charge in [-0.15, -0.1) is 0 Å². The highest BCUT2D eigenvalue weighted by atomic mass is 32.2. The van der Waals surface area contributed by atoms with E-state index in [1.54, 1.807) is 0 Å². The van der Waals surface area contributed by atoms with Gasteiger partial charge in [-0.05, 0) is 64.0 Å². The lowest BCUT2D eigenvalue weighted by Gasteiger charge is -2.21. The van der Waals surface area contributed by atoms with E-state index in [0.717, 1.165) is 49.7 Å². The maximum absolute atomic E-state index is 5.34. The van der Waals surface area contributed by atoms with Crippen molar-refractivity contribution in [2.45, 2.75) is 9.79 Å². The van der Waals surface area contributed by atoms with Gasteiger partial charge in [0.25, 0.3) is 0 Å². The Morgan fingerprint density at radius 2 is 1.02 bits per heavy atom. The molecule has 12 rings (SSSR count). The summed E-state index contributed by atoms with van der Waals surface area (Å²) in [6.07, 6.45) is 0. The number of para-hydroxylation sites is 4. The van der Waals surface area contributed by atoms with Crippen molar-refractivity contribution in [3.8, 4) is 45.5 Å². The Bertz CT molecular complexity index is 3370. The van der Waals surface area contributed by atoms with E-state index in [9.17, 15) is 0 Å². The van der Waals surface area contributed by atoms with E-state index < -0.39 is 0 Å². The molecule has 0 saturated carbocycles. The number of hydrogen-bond acceptors (Lipinski definition) is 4. The van der Waals surface area contributed by atoms with Crippen molar-refractivity contribution in [3.05, 3.63) is 176 Å². The van der Waals surface area contributed by atoms with Crippen molar-refractivity contribution in [2.24, 2.45) is 0 Å². The second-order valence-corrected chi connectivity index (χ2v) is 15.1. The van der Waals surface area contributed by atoms with Crippen LogP contribution in [0.2, 0.25) is 0 Å². The summed E-state index contributed by atoms with van der Waals surface area (Å²) in [6, 6.07) is 62.4. The van der Waals surface area contributed by atoms with Crippen LogP contribution >= 0.6 is 11.8 Å². The van der Waals surface area contributed by atoms with Crippen LogP contribution in [0, 0.1) is 0 Å². The van der Waals surface area contributed by atoms with E-state index in [0.29, 0.717) is 17.5 Å². The predicted molar refractivity (Wildman–Crippen MR) is 226 cm³/mol. The third-order valence-electron chi connectivity index (χ3n) is 10.9. The van der Waals surface area contributed by atoms with Gasteiger partial charge < -0.3 is 0 Å². The summed E-state index contributed by atoms with van der Waals surface area (Å²) in [5, 5.41) is 8.26. The highest BCUT2D eigenvalue weighted by Crippen LogP contribution is 2.50. The highest BCUT2D eigenvalue weighted by Gasteiger charge is 2.28. The van der Waals surface area contributed by atoms with Crippen molar-refractivity contribution in [1.29, 1.82) is 0 Å². The van der Waals surface area contributed by atoms with Crippen LogP contribution in [0.25, 0.3) is 99.9 Å². The van der Waals surface area contributed by atoms with Crippen molar-refractivity contribution < 1.29 is 0 Å². The Morgan fingerprint density at radius 1 is 0.400 bits per heavy atom. The Morgan fingerprint density at radius 3 is 1.93 bits per heavy atom. The van der Waals surface area contributed by atoms with E-state index in [4.69, 9.17) is 15.0 Å². The van der Waals surface area contributed by atoms with Gasteiger partial charge in [0.1, 0.15) is 5.65 Å². The molecular weight excluding hydrogens is 691 g/mol. The normalized spacial score (nSPS) is 12.3. The van der Waals surface area contributed by atoms with Crippen LogP contribution in [0.4, 0.5) is 0 Å². The van der Waals surface area contributed by atoms with Gasteiger partial charge in [-0.1, -0.05) is 145 Å². The first kappa shape index (κ1) is 30.4. The molecule has 0 unspecified atom stereocenters. The second-order valence-electron chi connectivity index (χ2n) is 14.0. The number of fused-ring (bicyclic) bond motifs is 9. The van der Waals surface area contributed by atoms with Crippen LogP contribution < -0.4 is 0 Å². The fraction of sp³-hybridized carbons (Fsp3) is 0. The molecule has 3 aromatic heterocycles. The van der Waals surface area contributed by atoms with Crippen molar-refractivity contribution in [2.75, 3.05) is 0 Å². The molecule has 4 heterocycles. The summed E-state index contributed by atoms with van der Waals surface area (Å²) < 4.78 is 4.89. The van der Waals surface area contributed by atoms with E-state index in [1.807, 2.05) is 11.8 Å². The minimum atomic E-state index is 0.619. The van der Waals surface area contributed by atoms with Crippen molar-refractivity contribution in [3.63, 3.8) is 0 Å². The Balaban J connectivity index is 1.18. The summed E-state index contributed by atoms with van der Waals surface area (Å²) in [4.78, 5) is 18.4. The molecule has 0 aliphatic carbocycles. The topological polar surface area (TPSA) is 48.5 Å². The van der Waals surface area contributed by atoms with Gasteiger partial charge in [0.05, 0.1) is 22.4 Å². The largest absolute Gasteiger partial charge is 0.294 e. The first-order valence-corrected chi connectivity index (χ1v) is 19.3. The molecule has 0 saturated heterocycles. The van der Waals surface area contributed by atoms with E-state index in [1.165, 1.54) is 42.5 Å². The molecule has 11 aromatic rings. The van der Waals surface area contributed by atoms with Crippen LogP contribution in [0.15, 0.2) is 186 Å². The number of aromatic nitrogens is 5. The van der Waals surface area contributed by atoms with Gasteiger partial charge in [-0.25, -0.2) is 15.0 Å². The molecule has 256 valence electrons. The molecule has 1 aliphatic rings. The van der Waals surface area contributed by atoms with E-state index in [2.05, 4.69) is 185 Å². The average Bonchev–Trinajstić information content (AvgIpc) is 3.77. The van der Waals surface area contributed by atoms with Crippen LogP contribution in [0.1, 0.15) is 0 Å². The molecule has 0 atom stereocenters. The zero-order valence-corrected chi connectivity index (χ0v) is 30.2. The third-order valence-corrected chi connectivity index (χ3v) is 12.1. The summed E-state index contributed by atoms with van der Waals surface area (Å²) in [7, 11) is 0. The molecule has 0 radical (unpaired) electrons. The fourth-order valence-corrected chi connectivity index (χ4v) is 9.62. The molecule has 0 N–H and O–H groups in total. The number of rotatable bonds is 4. The first-order valence-electron chi connectivity index (χ1n) is 18.5. The Labute approximate surface area is 320 Å². The standard InChI is InChI=1S/C49H29N5S/c1-2-15-32-29-33(28-27-30(32)13-1)46-50-47(35-20-11-16-31-14-3-4-17-34(31)35)52-48(51-46)37-19-6-8-23-40(37)53-39-22-7-5-18-36(39)44-38-21-12-26-43-45(38)54(49(44)53)41-24-9-10-25-42(41)55-43/h1-29H. The predicted octanol–water partition coefficient (Wildman–Crippen LogP) is 12.7. The van der Waals surface area contributed by atoms with Crippen molar-refractivity contribution in [1.82, 2.24) is 24.1 Å². The summed E-state index contributed by atoms with van der Waals surface area (Å²) in [5.41, 5.74) is 8.53. The lowest BCUT2D eigenvalue weighted by Crippen LogP contribution is -2.07. The zero-order chi connectivity index (χ0) is 36.0. The van der Waals surface area contributed by atoms with Gasteiger partial charge >= 0.3 is 0 Å². The summed E-state index contributed by atoms with van der Waals surface area (Å²) >= 11 is 1.84. The summed E-state index contributed by atoms with van der Waals surface area (Å²) in [5.74, 6) is 1.89. The average molecular weight is 720 g/mol. The van der Waals surface area contributed by atoms with Gasteiger partial charge in [0.2, 0.25) is 0 Å². The highest BCUT2D eigenvalue weighted by molar-refractivity contribution is 7.99. The van der Waals surface area contributed by atoms with Gasteiger partial charge in [-0.3, -0.25) is 9.13 Å². The maximum atomic E-state index is 5.34. The number of benzene rings is 8. The molecular formula is C49H29N5S. The monoisotopic (exact) mass is 719 g/mol. The van der Waals surface area contributed by atoms with Gasteiger partial charge in [-0.2, -0.15) is 0 Å². The first-order chi connectivity index (χ1) is 27.3. The molecule has 55 heavy (non-hydrogen) atoms. The van der Waals surface area contributed by atoms with Crippen molar-refractivity contribution >= 4 is 66.1 Å². The van der Waals surface area contributed by atoms with Gasteiger partial charge in [0.15, 0.2) is 17.5 Å². The molecule has 1 aliphatic heterocycles. The number of hydrogen-bond donors (Lipinski definition) is 0. The molecule has 0 fully saturated rings. The van der Waals surface area contributed by atoms with Gasteiger partial charge in [0, 0.05) is 42.6 Å². The third kappa shape index (κ3) is 4.52. The smallest absolute Gasteiger partial charge is 0.166 e. The van der Waals surface area contributed by atoms with Crippen LogP contribution in [0.5, 0.6) is 0 Å². The SMILES string of the molecule is c1ccc2c(c1)Sc1cccc3c4c5ccccc5n(-c5ccccc5-c5nc(-c6ccc7ccccc7c6)nc(-c6cccc7ccccc67)n5)c4n-2c13. The Hall–Kier alpha value is -7.02. The quantitative estimate of drug-likeness (QED) is 0.182. The lowest BCUT2D eigenvalue weighted by molar-refractivity contribution is 1.02. The minimum absolute atomic E-state index is 0.619. The molecule has 6 heteroatoms. The van der Waals surface area contributed by atoms with E-state index >= 15 is 0 Å². The van der Waals surface area contributed by atoms with Crippen LogP contribution in [0.3, 0.4) is 0 Å². The molecule has 8 aromatic carbocycles. The maximum Gasteiger partial charge on any atom is 0.166 e. The van der Waals surface area contributed by atoms with Crippen LogP contribution in [-0.2, 0) is 0 Å². The molecule has 0 spiro atoms.